The standard InChI is InChI=1S/C18H37N5O2/c1-8-19-15(20-12-14-10-9-11-23(14)7)21-13-18(5,6)22-16(24)25-17(2,3)4/h14H,8-13H2,1-7H3,(H,22,24)(H2,19,20,21). The summed E-state index contributed by atoms with van der Waals surface area (Å²) in [5, 5.41) is 9.55. The van der Waals surface area contributed by atoms with Gasteiger partial charge in [0, 0.05) is 19.1 Å². The van der Waals surface area contributed by atoms with Gasteiger partial charge < -0.3 is 25.6 Å². The van der Waals surface area contributed by atoms with E-state index in [1.165, 1.54) is 12.8 Å². The lowest BCUT2D eigenvalue weighted by Crippen LogP contribution is -2.49. The monoisotopic (exact) mass is 355 g/mol. The molecule has 146 valence electrons. The molecule has 1 rings (SSSR count). The zero-order chi connectivity index (χ0) is 19.1. The molecule has 1 fully saturated rings. The van der Waals surface area contributed by atoms with Crippen molar-refractivity contribution in [3.8, 4) is 0 Å². The van der Waals surface area contributed by atoms with Gasteiger partial charge in [0.05, 0.1) is 12.1 Å². The maximum atomic E-state index is 12.0. The molecule has 1 aliphatic rings. The van der Waals surface area contributed by atoms with Crippen LogP contribution in [0.3, 0.4) is 0 Å². The van der Waals surface area contributed by atoms with Gasteiger partial charge in [-0.25, -0.2) is 4.79 Å². The van der Waals surface area contributed by atoms with Crippen LogP contribution in [-0.2, 0) is 4.74 Å². The number of likely N-dealkylation sites (tertiary alicyclic amines) is 1. The van der Waals surface area contributed by atoms with Gasteiger partial charge in [-0.05, 0) is 68.0 Å². The number of alkyl carbamates (subject to hydrolysis) is 1. The van der Waals surface area contributed by atoms with E-state index in [4.69, 9.17) is 4.74 Å². The first-order chi connectivity index (χ1) is 11.5. The van der Waals surface area contributed by atoms with Crippen molar-refractivity contribution in [3.05, 3.63) is 0 Å². The lowest BCUT2D eigenvalue weighted by Gasteiger charge is -2.28. The fourth-order valence-corrected chi connectivity index (χ4v) is 2.69. The summed E-state index contributed by atoms with van der Waals surface area (Å²) < 4.78 is 5.32. The highest BCUT2D eigenvalue weighted by atomic mass is 16.6. The van der Waals surface area contributed by atoms with Crippen LogP contribution in [0.5, 0.6) is 0 Å². The van der Waals surface area contributed by atoms with Crippen LogP contribution in [-0.4, -0.2) is 67.4 Å². The number of amides is 1. The number of carbonyl (C=O) groups is 1. The number of aliphatic imine (C=N–C) groups is 1. The highest BCUT2D eigenvalue weighted by Gasteiger charge is 2.25. The van der Waals surface area contributed by atoms with E-state index in [2.05, 4.69) is 32.9 Å². The van der Waals surface area contributed by atoms with E-state index in [-0.39, 0.29) is 0 Å². The van der Waals surface area contributed by atoms with Gasteiger partial charge >= 0.3 is 6.09 Å². The molecule has 1 aliphatic heterocycles. The third-order valence-corrected chi connectivity index (χ3v) is 3.99. The second kappa shape index (κ2) is 9.27. The Kier molecular flexibility index (Phi) is 7.99. The van der Waals surface area contributed by atoms with Gasteiger partial charge in [0.2, 0.25) is 0 Å². The molecule has 0 spiro atoms. The molecule has 0 aromatic carbocycles. The number of likely N-dealkylation sites (N-methyl/N-ethyl adjacent to an activating group) is 1. The van der Waals surface area contributed by atoms with E-state index in [9.17, 15) is 4.79 Å². The molecule has 0 bridgehead atoms. The van der Waals surface area contributed by atoms with Crippen molar-refractivity contribution in [2.75, 3.05) is 33.2 Å². The van der Waals surface area contributed by atoms with Crippen molar-refractivity contribution in [1.82, 2.24) is 20.9 Å². The Bertz CT molecular complexity index is 457. The SMILES string of the molecule is CCNC(=NCC(C)(C)NC(=O)OC(C)(C)C)NCC1CCCN1C. The third kappa shape index (κ3) is 8.95. The quantitative estimate of drug-likeness (QED) is 0.501. The normalized spacial score (nSPS) is 19.6. The number of ether oxygens (including phenoxy) is 1. The predicted octanol–water partition coefficient (Wildman–Crippen LogP) is 1.94. The first kappa shape index (κ1) is 21.5. The van der Waals surface area contributed by atoms with Crippen molar-refractivity contribution in [2.24, 2.45) is 4.99 Å². The second-order valence-corrected chi connectivity index (χ2v) is 8.36. The molecule has 7 nitrogen and oxygen atoms in total. The molecule has 0 saturated carbocycles. The Morgan fingerprint density at radius 3 is 2.44 bits per heavy atom. The maximum absolute atomic E-state index is 12.0. The number of nitrogens with zero attached hydrogens (tertiary/aromatic N) is 2. The van der Waals surface area contributed by atoms with Crippen LogP contribution in [0.25, 0.3) is 0 Å². The summed E-state index contributed by atoms with van der Waals surface area (Å²) in [6, 6.07) is 0.553. The molecular weight excluding hydrogens is 318 g/mol. The Labute approximate surface area is 153 Å². The van der Waals surface area contributed by atoms with Crippen LogP contribution in [0.15, 0.2) is 4.99 Å². The van der Waals surface area contributed by atoms with Crippen LogP contribution < -0.4 is 16.0 Å². The van der Waals surface area contributed by atoms with Crippen LogP contribution in [0, 0.1) is 0 Å². The van der Waals surface area contributed by atoms with Crippen molar-refractivity contribution < 1.29 is 9.53 Å². The molecule has 0 aromatic heterocycles. The van der Waals surface area contributed by atoms with Crippen LogP contribution in [0.4, 0.5) is 4.79 Å². The number of carbonyl (C=O) groups excluding carboxylic acids is 1. The van der Waals surface area contributed by atoms with Gasteiger partial charge in [-0.2, -0.15) is 0 Å². The Balaban J connectivity index is 2.54. The van der Waals surface area contributed by atoms with E-state index in [0.29, 0.717) is 12.6 Å². The number of nitrogens with one attached hydrogen (secondary N) is 3. The maximum Gasteiger partial charge on any atom is 0.408 e. The molecule has 0 aromatic rings. The fourth-order valence-electron chi connectivity index (χ4n) is 2.69. The predicted molar refractivity (Wildman–Crippen MR) is 103 cm³/mol. The highest BCUT2D eigenvalue weighted by Crippen LogP contribution is 2.13. The zero-order valence-electron chi connectivity index (χ0n) is 17.0. The van der Waals surface area contributed by atoms with Crippen molar-refractivity contribution in [3.63, 3.8) is 0 Å². The summed E-state index contributed by atoms with van der Waals surface area (Å²) >= 11 is 0. The molecule has 1 saturated heterocycles. The van der Waals surface area contributed by atoms with E-state index in [1.54, 1.807) is 0 Å². The number of hydrogen-bond donors (Lipinski definition) is 3. The molecule has 0 aliphatic carbocycles. The second-order valence-electron chi connectivity index (χ2n) is 8.36. The molecule has 25 heavy (non-hydrogen) atoms. The van der Waals surface area contributed by atoms with Crippen LogP contribution in [0.1, 0.15) is 54.4 Å². The first-order valence-corrected chi connectivity index (χ1v) is 9.26. The van der Waals surface area contributed by atoms with Gasteiger partial charge in [0.15, 0.2) is 5.96 Å². The average molecular weight is 356 g/mol. The fraction of sp³-hybridized carbons (Fsp3) is 0.889. The summed E-state index contributed by atoms with van der Waals surface area (Å²) in [4.78, 5) is 19.0. The summed E-state index contributed by atoms with van der Waals surface area (Å²) in [6.07, 6.45) is 2.05. The Hall–Kier alpha value is -1.50. The highest BCUT2D eigenvalue weighted by molar-refractivity contribution is 5.80. The zero-order valence-corrected chi connectivity index (χ0v) is 17.0. The number of guanidine groups is 1. The smallest absolute Gasteiger partial charge is 0.408 e. The van der Waals surface area contributed by atoms with Gasteiger partial charge in [0.25, 0.3) is 0 Å². The largest absolute Gasteiger partial charge is 0.444 e. The first-order valence-electron chi connectivity index (χ1n) is 9.26. The van der Waals surface area contributed by atoms with Crippen molar-refractivity contribution in [1.29, 1.82) is 0 Å². The summed E-state index contributed by atoms with van der Waals surface area (Å²) in [5.74, 6) is 0.780. The van der Waals surface area contributed by atoms with E-state index < -0.39 is 17.2 Å². The summed E-state index contributed by atoms with van der Waals surface area (Å²) in [7, 11) is 2.16. The molecule has 1 unspecified atom stereocenters. The van der Waals surface area contributed by atoms with Gasteiger partial charge in [-0.15, -0.1) is 0 Å². The Morgan fingerprint density at radius 1 is 1.24 bits per heavy atom. The van der Waals surface area contributed by atoms with Gasteiger partial charge in [-0.3, -0.25) is 4.99 Å². The van der Waals surface area contributed by atoms with Crippen molar-refractivity contribution in [2.45, 2.75) is 71.6 Å². The minimum absolute atomic E-state index is 0.418. The molecule has 1 atom stereocenters. The van der Waals surface area contributed by atoms with E-state index in [1.807, 2.05) is 41.5 Å². The van der Waals surface area contributed by atoms with E-state index >= 15 is 0 Å². The van der Waals surface area contributed by atoms with Gasteiger partial charge in [-0.1, -0.05) is 0 Å². The molecule has 1 amide bonds. The molecule has 3 N–H and O–H groups in total. The Morgan fingerprint density at radius 2 is 1.92 bits per heavy atom. The summed E-state index contributed by atoms with van der Waals surface area (Å²) in [5.41, 5.74) is -0.998. The average Bonchev–Trinajstić information content (AvgIpc) is 2.84. The molecular formula is C18H37N5O2. The number of hydrogen-bond acceptors (Lipinski definition) is 4. The van der Waals surface area contributed by atoms with Crippen LogP contribution >= 0.6 is 0 Å². The lowest BCUT2D eigenvalue weighted by molar-refractivity contribution is 0.0476. The minimum Gasteiger partial charge on any atom is -0.444 e. The lowest BCUT2D eigenvalue weighted by atomic mass is 10.1. The van der Waals surface area contributed by atoms with Gasteiger partial charge in [0.1, 0.15) is 5.60 Å². The minimum atomic E-state index is -0.507. The summed E-state index contributed by atoms with van der Waals surface area (Å²) in [6.45, 7) is 14.8. The molecule has 7 heteroatoms. The van der Waals surface area contributed by atoms with Crippen molar-refractivity contribution >= 4 is 12.1 Å². The van der Waals surface area contributed by atoms with Crippen LogP contribution in [0.2, 0.25) is 0 Å². The molecule has 1 heterocycles. The topological polar surface area (TPSA) is 78.0 Å². The molecule has 0 radical (unpaired) electrons. The van der Waals surface area contributed by atoms with E-state index in [0.717, 1.165) is 25.6 Å². The number of rotatable bonds is 6. The third-order valence-electron chi connectivity index (χ3n) is 3.99.